The first-order valence-electron chi connectivity index (χ1n) is 6.56. The summed E-state index contributed by atoms with van der Waals surface area (Å²) in [6.07, 6.45) is 1.98. The summed E-state index contributed by atoms with van der Waals surface area (Å²) in [5.41, 5.74) is 1.30. The van der Waals surface area contributed by atoms with Crippen LogP contribution >= 0.6 is 0 Å². The Morgan fingerprint density at radius 1 is 1.18 bits per heavy atom. The molecule has 0 atom stereocenters. The lowest BCUT2D eigenvalue weighted by Crippen LogP contribution is -2.36. The molecule has 3 heteroatoms. The van der Waals surface area contributed by atoms with Crippen LogP contribution in [0.15, 0.2) is 18.3 Å². The molecule has 2 heterocycles. The van der Waals surface area contributed by atoms with Crippen molar-refractivity contribution in [2.45, 2.75) is 33.6 Å². The van der Waals surface area contributed by atoms with Crippen LogP contribution in [0.25, 0.3) is 0 Å². The molecule has 1 aliphatic heterocycles. The Hall–Kier alpha value is -1.09. The number of ether oxygens (including phenoxy) is 1. The second-order valence-corrected chi connectivity index (χ2v) is 4.20. The van der Waals surface area contributed by atoms with Gasteiger partial charge in [-0.3, -0.25) is 0 Å². The van der Waals surface area contributed by atoms with Gasteiger partial charge in [-0.2, -0.15) is 0 Å². The van der Waals surface area contributed by atoms with Crippen LogP contribution in [0.2, 0.25) is 0 Å². The Bertz CT molecular complexity index is 303. The third kappa shape index (κ3) is 4.00. The molecular weight excluding hydrogens is 212 g/mol. The maximum atomic E-state index is 5.31. The van der Waals surface area contributed by atoms with E-state index < -0.39 is 0 Å². The van der Waals surface area contributed by atoms with E-state index in [0.717, 1.165) is 32.1 Å². The standard InChI is InChI=1S/C12H18N2O.C2H6/c1-10(2)11-3-4-12(13-9-11)14-5-7-15-8-6-14;1-2/h3-4,9-10H,5-8H2,1-2H3;1-2H3. The molecule has 0 unspecified atom stereocenters. The maximum absolute atomic E-state index is 5.31. The molecule has 17 heavy (non-hydrogen) atoms. The van der Waals surface area contributed by atoms with E-state index in [1.54, 1.807) is 0 Å². The Kier molecular flexibility index (Phi) is 5.98. The van der Waals surface area contributed by atoms with Crippen molar-refractivity contribution in [1.82, 2.24) is 4.98 Å². The van der Waals surface area contributed by atoms with Crippen LogP contribution in [0.5, 0.6) is 0 Å². The quantitative estimate of drug-likeness (QED) is 0.789. The highest BCUT2D eigenvalue weighted by molar-refractivity contribution is 5.40. The highest BCUT2D eigenvalue weighted by Gasteiger charge is 2.12. The lowest BCUT2D eigenvalue weighted by molar-refractivity contribution is 0.122. The molecular formula is C14H24N2O. The van der Waals surface area contributed by atoms with Crippen molar-refractivity contribution in [3.8, 4) is 0 Å². The van der Waals surface area contributed by atoms with Crippen LogP contribution in [0.4, 0.5) is 5.82 Å². The minimum atomic E-state index is 0.552. The highest BCUT2D eigenvalue weighted by Crippen LogP contribution is 2.17. The van der Waals surface area contributed by atoms with Crippen molar-refractivity contribution in [3.63, 3.8) is 0 Å². The summed E-state index contributed by atoms with van der Waals surface area (Å²) in [5, 5.41) is 0. The maximum Gasteiger partial charge on any atom is 0.128 e. The molecule has 0 spiro atoms. The van der Waals surface area contributed by atoms with Gasteiger partial charge in [0.05, 0.1) is 13.2 Å². The second-order valence-electron chi connectivity index (χ2n) is 4.20. The van der Waals surface area contributed by atoms with E-state index in [1.165, 1.54) is 5.56 Å². The Morgan fingerprint density at radius 3 is 2.29 bits per heavy atom. The molecule has 0 amide bonds. The van der Waals surface area contributed by atoms with Crippen molar-refractivity contribution < 1.29 is 4.74 Å². The van der Waals surface area contributed by atoms with Crippen LogP contribution in [-0.2, 0) is 4.74 Å². The lowest BCUT2D eigenvalue weighted by Gasteiger charge is -2.27. The average molecular weight is 236 g/mol. The number of pyridine rings is 1. The average Bonchev–Trinajstić information content (AvgIpc) is 2.42. The highest BCUT2D eigenvalue weighted by atomic mass is 16.5. The van der Waals surface area contributed by atoms with Crippen molar-refractivity contribution in [2.24, 2.45) is 0 Å². The zero-order valence-corrected chi connectivity index (χ0v) is 11.4. The Labute approximate surface area is 105 Å². The third-order valence-corrected chi connectivity index (χ3v) is 2.77. The summed E-state index contributed by atoms with van der Waals surface area (Å²) in [4.78, 5) is 6.77. The van der Waals surface area contributed by atoms with E-state index in [1.807, 2.05) is 20.0 Å². The fourth-order valence-corrected chi connectivity index (χ4v) is 1.72. The van der Waals surface area contributed by atoms with Gasteiger partial charge in [0.25, 0.3) is 0 Å². The van der Waals surface area contributed by atoms with Gasteiger partial charge in [0.2, 0.25) is 0 Å². The van der Waals surface area contributed by atoms with E-state index in [2.05, 4.69) is 35.9 Å². The molecule has 1 aromatic rings. The van der Waals surface area contributed by atoms with Gasteiger partial charge in [-0.25, -0.2) is 4.98 Å². The zero-order valence-electron chi connectivity index (χ0n) is 11.4. The van der Waals surface area contributed by atoms with Gasteiger partial charge in [0, 0.05) is 19.3 Å². The summed E-state index contributed by atoms with van der Waals surface area (Å²) in [7, 11) is 0. The Morgan fingerprint density at radius 2 is 1.82 bits per heavy atom. The molecule has 96 valence electrons. The van der Waals surface area contributed by atoms with Gasteiger partial charge in [0.1, 0.15) is 5.82 Å². The molecule has 0 aliphatic carbocycles. The van der Waals surface area contributed by atoms with E-state index in [0.29, 0.717) is 5.92 Å². The number of aromatic nitrogens is 1. The molecule has 0 bridgehead atoms. The minimum Gasteiger partial charge on any atom is -0.378 e. The van der Waals surface area contributed by atoms with Gasteiger partial charge in [-0.15, -0.1) is 0 Å². The van der Waals surface area contributed by atoms with Crippen LogP contribution in [0.3, 0.4) is 0 Å². The summed E-state index contributed by atoms with van der Waals surface area (Å²) < 4.78 is 5.31. The first-order valence-corrected chi connectivity index (χ1v) is 6.56. The number of nitrogens with zero attached hydrogens (tertiary/aromatic N) is 2. The fourth-order valence-electron chi connectivity index (χ4n) is 1.72. The number of rotatable bonds is 2. The molecule has 3 nitrogen and oxygen atoms in total. The van der Waals surface area contributed by atoms with Crippen molar-refractivity contribution in [2.75, 3.05) is 31.2 Å². The van der Waals surface area contributed by atoms with E-state index in [4.69, 9.17) is 4.74 Å². The molecule has 2 rings (SSSR count). The number of morpholine rings is 1. The number of hydrogen-bond donors (Lipinski definition) is 0. The van der Waals surface area contributed by atoms with Gasteiger partial charge >= 0.3 is 0 Å². The first-order chi connectivity index (χ1) is 8.27. The molecule has 0 radical (unpaired) electrons. The molecule has 1 saturated heterocycles. The molecule has 1 aliphatic rings. The summed E-state index contributed by atoms with van der Waals surface area (Å²) >= 11 is 0. The van der Waals surface area contributed by atoms with Gasteiger partial charge in [0.15, 0.2) is 0 Å². The lowest BCUT2D eigenvalue weighted by atomic mass is 10.1. The van der Waals surface area contributed by atoms with Crippen molar-refractivity contribution >= 4 is 5.82 Å². The minimum absolute atomic E-state index is 0.552. The fraction of sp³-hybridized carbons (Fsp3) is 0.643. The van der Waals surface area contributed by atoms with Gasteiger partial charge in [-0.05, 0) is 17.5 Å². The van der Waals surface area contributed by atoms with Crippen molar-refractivity contribution in [1.29, 1.82) is 0 Å². The summed E-state index contributed by atoms with van der Waals surface area (Å²) in [6, 6.07) is 4.28. The first kappa shape index (κ1) is 14.0. The molecule has 1 fully saturated rings. The Balaban J connectivity index is 0.000000686. The molecule has 0 saturated carbocycles. The summed E-state index contributed by atoms with van der Waals surface area (Å²) in [6.45, 7) is 11.9. The third-order valence-electron chi connectivity index (χ3n) is 2.77. The predicted octanol–water partition coefficient (Wildman–Crippen LogP) is 3.07. The van der Waals surface area contributed by atoms with Crippen LogP contribution in [0, 0.1) is 0 Å². The monoisotopic (exact) mass is 236 g/mol. The molecule has 0 aromatic carbocycles. The predicted molar refractivity (Wildman–Crippen MR) is 72.7 cm³/mol. The van der Waals surface area contributed by atoms with E-state index in [-0.39, 0.29) is 0 Å². The number of hydrogen-bond acceptors (Lipinski definition) is 3. The van der Waals surface area contributed by atoms with Gasteiger partial charge < -0.3 is 9.64 Å². The van der Waals surface area contributed by atoms with Gasteiger partial charge in [-0.1, -0.05) is 33.8 Å². The van der Waals surface area contributed by atoms with Crippen LogP contribution in [0.1, 0.15) is 39.2 Å². The molecule has 0 N–H and O–H groups in total. The summed E-state index contributed by atoms with van der Waals surface area (Å²) in [5.74, 6) is 1.62. The van der Waals surface area contributed by atoms with E-state index >= 15 is 0 Å². The smallest absolute Gasteiger partial charge is 0.128 e. The zero-order chi connectivity index (χ0) is 12.7. The van der Waals surface area contributed by atoms with Crippen molar-refractivity contribution in [3.05, 3.63) is 23.9 Å². The largest absolute Gasteiger partial charge is 0.378 e. The topological polar surface area (TPSA) is 25.4 Å². The second kappa shape index (κ2) is 7.28. The van der Waals surface area contributed by atoms with E-state index in [9.17, 15) is 0 Å². The van der Waals surface area contributed by atoms with Crippen LogP contribution in [-0.4, -0.2) is 31.3 Å². The normalized spacial score (nSPS) is 15.5. The number of anilines is 1. The van der Waals surface area contributed by atoms with Crippen LogP contribution < -0.4 is 4.90 Å². The molecule has 1 aromatic heterocycles. The SMILES string of the molecule is CC.CC(C)c1ccc(N2CCOCC2)nc1.